The first-order chi connectivity index (χ1) is 13.1. The molecule has 0 bridgehead atoms. The van der Waals surface area contributed by atoms with Gasteiger partial charge in [0.1, 0.15) is 12.4 Å². The zero-order valence-electron chi connectivity index (χ0n) is 14.3. The Morgan fingerprint density at radius 3 is 2.78 bits per heavy atom. The topological polar surface area (TPSA) is 109 Å². The van der Waals surface area contributed by atoms with Gasteiger partial charge in [0.25, 0.3) is 11.6 Å². The van der Waals surface area contributed by atoms with Crippen LogP contribution in [0.3, 0.4) is 0 Å². The summed E-state index contributed by atoms with van der Waals surface area (Å²) in [6.07, 6.45) is 1.62. The van der Waals surface area contributed by atoms with Gasteiger partial charge in [0.05, 0.1) is 22.8 Å². The monoisotopic (exact) mass is 367 g/mol. The van der Waals surface area contributed by atoms with Crippen LogP contribution in [0, 0.1) is 10.1 Å². The van der Waals surface area contributed by atoms with Crippen LogP contribution in [-0.2, 0) is 4.79 Å². The summed E-state index contributed by atoms with van der Waals surface area (Å²) >= 11 is 0. The summed E-state index contributed by atoms with van der Waals surface area (Å²) in [5, 5.41) is 23.0. The second-order valence-electron chi connectivity index (χ2n) is 5.66. The number of amides is 1. The lowest BCUT2D eigenvalue weighted by molar-refractivity contribution is -0.384. The zero-order valence-corrected chi connectivity index (χ0v) is 14.3. The first-order valence-corrected chi connectivity index (χ1v) is 8.15. The Labute approximate surface area is 155 Å². The minimum atomic E-state index is -0.701. The van der Waals surface area contributed by atoms with Crippen LogP contribution in [0.2, 0.25) is 0 Å². The second-order valence-corrected chi connectivity index (χ2v) is 5.66. The van der Waals surface area contributed by atoms with Gasteiger partial charge < -0.3 is 10.1 Å². The van der Waals surface area contributed by atoms with Crippen LogP contribution >= 0.6 is 0 Å². The van der Waals surface area contributed by atoms with Gasteiger partial charge in [0.2, 0.25) is 0 Å². The van der Waals surface area contributed by atoms with E-state index in [2.05, 4.69) is 22.2 Å². The molecule has 0 saturated carbocycles. The van der Waals surface area contributed by atoms with Gasteiger partial charge in [-0.2, -0.15) is 5.11 Å². The zero-order chi connectivity index (χ0) is 19.2. The Morgan fingerprint density at radius 2 is 2.07 bits per heavy atom. The van der Waals surface area contributed by atoms with E-state index in [1.807, 2.05) is 0 Å². The fourth-order valence-electron chi connectivity index (χ4n) is 2.46. The third-order valence-electron chi connectivity index (χ3n) is 3.81. The molecule has 0 fully saturated rings. The lowest BCUT2D eigenvalue weighted by atomic mass is 10.2. The molecule has 1 N–H and O–H groups in total. The SMILES string of the molecule is C=CCOc1ccccc1NC(=O)C1CN(c2ccc([N+](=O)[O-])cc2)N=N1. The molecule has 0 aromatic heterocycles. The van der Waals surface area contributed by atoms with E-state index in [1.54, 1.807) is 42.5 Å². The number of carbonyl (C=O) groups excluding carboxylic acids is 1. The number of nitrogens with zero attached hydrogens (tertiary/aromatic N) is 4. The standard InChI is InChI=1S/C18H17N5O4/c1-2-11-27-17-6-4-3-5-15(17)19-18(24)16-12-22(21-20-16)13-7-9-14(10-8-13)23(25)26/h2-10,16H,1,11-12H2,(H,19,24). The van der Waals surface area contributed by atoms with E-state index in [0.29, 0.717) is 23.7 Å². The summed E-state index contributed by atoms with van der Waals surface area (Å²) in [5.41, 5.74) is 1.14. The largest absolute Gasteiger partial charge is 0.487 e. The lowest BCUT2D eigenvalue weighted by Crippen LogP contribution is -2.31. The van der Waals surface area contributed by atoms with Crippen molar-refractivity contribution in [3.63, 3.8) is 0 Å². The van der Waals surface area contributed by atoms with Gasteiger partial charge in [-0.15, -0.1) is 0 Å². The Morgan fingerprint density at radius 1 is 1.33 bits per heavy atom. The van der Waals surface area contributed by atoms with Crippen molar-refractivity contribution in [3.05, 3.63) is 71.3 Å². The van der Waals surface area contributed by atoms with E-state index in [0.717, 1.165) is 0 Å². The Balaban J connectivity index is 1.64. The van der Waals surface area contributed by atoms with Crippen molar-refractivity contribution in [2.45, 2.75) is 6.04 Å². The predicted molar refractivity (Wildman–Crippen MR) is 99.9 cm³/mol. The van der Waals surface area contributed by atoms with Gasteiger partial charge in [-0.25, -0.2) is 5.01 Å². The van der Waals surface area contributed by atoms with E-state index in [-0.39, 0.29) is 18.1 Å². The normalized spacial score (nSPS) is 15.4. The smallest absolute Gasteiger partial charge is 0.269 e. The number of ether oxygens (including phenoxy) is 1. The molecule has 1 heterocycles. The van der Waals surface area contributed by atoms with Crippen molar-refractivity contribution in [2.24, 2.45) is 10.3 Å². The molecular formula is C18H17N5O4. The van der Waals surface area contributed by atoms with Gasteiger partial charge in [0.15, 0.2) is 6.04 Å². The minimum absolute atomic E-state index is 0.0136. The highest BCUT2D eigenvalue weighted by Crippen LogP contribution is 2.26. The van der Waals surface area contributed by atoms with E-state index < -0.39 is 11.0 Å². The molecule has 2 aromatic rings. The van der Waals surface area contributed by atoms with Gasteiger partial charge in [0, 0.05) is 12.1 Å². The number of anilines is 2. The Kier molecular flexibility index (Phi) is 5.41. The number of non-ortho nitro benzene ring substituents is 1. The van der Waals surface area contributed by atoms with Gasteiger partial charge in [-0.3, -0.25) is 14.9 Å². The highest BCUT2D eigenvalue weighted by atomic mass is 16.6. The quantitative estimate of drug-likeness (QED) is 0.458. The average molecular weight is 367 g/mol. The molecule has 0 radical (unpaired) electrons. The van der Waals surface area contributed by atoms with Crippen LogP contribution in [0.1, 0.15) is 0 Å². The number of para-hydroxylation sites is 2. The second kappa shape index (κ2) is 8.09. The molecule has 0 aliphatic carbocycles. The first-order valence-electron chi connectivity index (χ1n) is 8.15. The van der Waals surface area contributed by atoms with Crippen LogP contribution in [0.5, 0.6) is 5.75 Å². The van der Waals surface area contributed by atoms with Crippen molar-refractivity contribution >= 4 is 23.0 Å². The molecule has 1 amide bonds. The third-order valence-corrected chi connectivity index (χ3v) is 3.81. The number of nitro benzene ring substituents is 1. The number of hydrogen-bond donors (Lipinski definition) is 1. The van der Waals surface area contributed by atoms with Crippen LogP contribution in [0.15, 0.2) is 71.5 Å². The summed E-state index contributed by atoms with van der Waals surface area (Å²) < 4.78 is 5.52. The highest BCUT2D eigenvalue weighted by Gasteiger charge is 2.28. The molecule has 138 valence electrons. The Hall–Kier alpha value is -3.75. The number of carbonyl (C=O) groups is 1. The molecule has 9 nitrogen and oxygen atoms in total. The number of rotatable bonds is 7. The van der Waals surface area contributed by atoms with Gasteiger partial charge in [-0.05, 0) is 24.3 Å². The third kappa shape index (κ3) is 4.27. The van der Waals surface area contributed by atoms with Crippen LogP contribution in [0.25, 0.3) is 0 Å². The summed E-state index contributed by atoms with van der Waals surface area (Å²) in [6.45, 7) is 4.16. The summed E-state index contributed by atoms with van der Waals surface area (Å²) in [5.74, 6) is 0.214. The fourth-order valence-corrected chi connectivity index (χ4v) is 2.46. The molecule has 1 unspecified atom stereocenters. The summed E-state index contributed by atoms with van der Waals surface area (Å²) in [4.78, 5) is 22.8. The molecule has 9 heteroatoms. The van der Waals surface area contributed by atoms with Gasteiger partial charge in [-0.1, -0.05) is 30.0 Å². The average Bonchev–Trinajstić information content (AvgIpc) is 3.18. The number of nitrogens with one attached hydrogen (secondary N) is 1. The number of benzene rings is 2. The molecule has 2 aromatic carbocycles. The van der Waals surface area contributed by atoms with Crippen LogP contribution < -0.4 is 15.1 Å². The molecule has 1 aliphatic rings. The molecule has 1 atom stereocenters. The fraction of sp³-hybridized carbons (Fsp3) is 0.167. The lowest BCUT2D eigenvalue weighted by Gasteiger charge is -2.15. The number of nitro groups is 1. The first kappa shape index (κ1) is 18.1. The van der Waals surface area contributed by atoms with Crippen LogP contribution in [-0.4, -0.2) is 30.0 Å². The van der Waals surface area contributed by atoms with Crippen molar-refractivity contribution in [3.8, 4) is 5.75 Å². The van der Waals surface area contributed by atoms with E-state index in [1.165, 1.54) is 17.1 Å². The summed E-state index contributed by atoms with van der Waals surface area (Å²) in [6, 6.07) is 12.3. The molecular weight excluding hydrogens is 350 g/mol. The van der Waals surface area contributed by atoms with Crippen molar-refractivity contribution in [1.82, 2.24) is 0 Å². The molecule has 0 spiro atoms. The van der Waals surface area contributed by atoms with Crippen LogP contribution in [0.4, 0.5) is 17.1 Å². The maximum Gasteiger partial charge on any atom is 0.269 e. The van der Waals surface area contributed by atoms with E-state index in [4.69, 9.17) is 4.74 Å². The van der Waals surface area contributed by atoms with Crippen molar-refractivity contribution in [1.29, 1.82) is 0 Å². The van der Waals surface area contributed by atoms with Crippen molar-refractivity contribution < 1.29 is 14.5 Å². The highest BCUT2D eigenvalue weighted by molar-refractivity contribution is 5.96. The van der Waals surface area contributed by atoms with Gasteiger partial charge >= 0.3 is 0 Å². The van der Waals surface area contributed by atoms with Crippen molar-refractivity contribution in [2.75, 3.05) is 23.5 Å². The molecule has 27 heavy (non-hydrogen) atoms. The maximum absolute atomic E-state index is 12.5. The maximum atomic E-state index is 12.5. The molecule has 3 rings (SSSR count). The molecule has 1 aliphatic heterocycles. The molecule has 0 saturated heterocycles. The Bertz CT molecular complexity index is 882. The van der Waals surface area contributed by atoms with E-state index in [9.17, 15) is 14.9 Å². The predicted octanol–water partition coefficient (Wildman–Crippen LogP) is 3.35. The summed E-state index contributed by atoms with van der Waals surface area (Å²) in [7, 11) is 0. The van der Waals surface area contributed by atoms with E-state index >= 15 is 0 Å². The number of hydrogen-bond acceptors (Lipinski definition) is 7. The minimum Gasteiger partial charge on any atom is -0.487 e.